The Bertz CT molecular complexity index is 537. The van der Waals surface area contributed by atoms with E-state index in [9.17, 15) is 4.79 Å². The van der Waals surface area contributed by atoms with Crippen molar-refractivity contribution in [2.24, 2.45) is 0 Å². The third kappa shape index (κ3) is 4.11. The lowest BCUT2D eigenvalue weighted by molar-refractivity contribution is -0.120. The van der Waals surface area contributed by atoms with Crippen molar-refractivity contribution in [3.05, 3.63) is 29.5 Å². The van der Waals surface area contributed by atoms with Crippen LogP contribution in [0.25, 0.3) is 10.8 Å². The molecule has 0 bridgehead atoms. The molecule has 6 heteroatoms. The molecule has 108 valence electrons. The molecule has 2 rings (SSSR count). The molecule has 0 saturated carbocycles. The van der Waals surface area contributed by atoms with Gasteiger partial charge in [-0.1, -0.05) is 6.92 Å². The molecule has 0 aliphatic carbocycles. The molecule has 0 spiro atoms. The first-order chi connectivity index (χ1) is 9.70. The minimum absolute atomic E-state index is 0.0599. The Morgan fingerprint density at radius 2 is 2.45 bits per heavy atom. The van der Waals surface area contributed by atoms with E-state index in [1.54, 1.807) is 29.4 Å². The van der Waals surface area contributed by atoms with Crippen LogP contribution in [-0.4, -0.2) is 22.7 Å². The van der Waals surface area contributed by atoms with Crippen LogP contribution in [0.3, 0.4) is 0 Å². The van der Waals surface area contributed by atoms with Crippen LogP contribution in [-0.2, 0) is 10.5 Å². The first-order valence-corrected chi connectivity index (χ1v) is 8.51. The largest absolute Gasteiger partial charge is 0.462 e. The summed E-state index contributed by atoms with van der Waals surface area (Å²) in [5.41, 5.74) is 0.988. The number of rotatable bonds is 7. The lowest BCUT2D eigenvalue weighted by Gasteiger charge is -2.10. The first-order valence-electron chi connectivity index (χ1n) is 6.58. The van der Waals surface area contributed by atoms with Crippen molar-refractivity contribution in [1.82, 2.24) is 10.3 Å². The van der Waals surface area contributed by atoms with Crippen molar-refractivity contribution in [3.63, 3.8) is 0 Å². The molecule has 4 nitrogen and oxygen atoms in total. The Hall–Kier alpha value is -1.27. The standard InChI is InChI=1S/C14H18N2O2S2/c1-3-6-15-13(17)10(2)19-8-11-9-20-14(16-11)12-5-4-7-18-12/h4-5,7,9-10H,3,6,8H2,1-2H3,(H,15,17)/t10-/m0/s1. The highest BCUT2D eigenvalue weighted by atomic mass is 32.2. The fraction of sp³-hybridized carbons (Fsp3) is 0.429. The van der Waals surface area contributed by atoms with Crippen LogP contribution in [0.2, 0.25) is 0 Å². The highest BCUT2D eigenvalue weighted by molar-refractivity contribution is 7.99. The molecule has 0 radical (unpaired) electrons. The molecular weight excluding hydrogens is 292 g/mol. The van der Waals surface area contributed by atoms with Crippen LogP contribution in [0, 0.1) is 0 Å². The highest BCUT2D eigenvalue weighted by Crippen LogP contribution is 2.26. The van der Waals surface area contributed by atoms with E-state index in [0.29, 0.717) is 0 Å². The highest BCUT2D eigenvalue weighted by Gasteiger charge is 2.14. The second kappa shape index (κ2) is 7.50. The van der Waals surface area contributed by atoms with Crippen molar-refractivity contribution in [3.8, 4) is 10.8 Å². The predicted molar refractivity (Wildman–Crippen MR) is 83.9 cm³/mol. The third-order valence-corrected chi connectivity index (χ3v) is 4.77. The van der Waals surface area contributed by atoms with Crippen molar-refractivity contribution >= 4 is 29.0 Å². The normalized spacial score (nSPS) is 12.3. The van der Waals surface area contributed by atoms with Crippen LogP contribution in [0.5, 0.6) is 0 Å². The lowest BCUT2D eigenvalue weighted by atomic mass is 10.4. The first kappa shape index (κ1) is 15.1. The van der Waals surface area contributed by atoms with Gasteiger partial charge in [0, 0.05) is 17.7 Å². The second-order valence-corrected chi connectivity index (χ2v) is 6.55. The maximum atomic E-state index is 11.8. The zero-order valence-electron chi connectivity index (χ0n) is 11.6. The van der Waals surface area contributed by atoms with Crippen LogP contribution in [0.1, 0.15) is 26.0 Å². The summed E-state index contributed by atoms with van der Waals surface area (Å²) in [7, 11) is 0. The summed E-state index contributed by atoms with van der Waals surface area (Å²) in [4.78, 5) is 16.3. The van der Waals surface area contributed by atoms with Gasteiger partial charge in [0.25, 0.3) is 0 Å². The Labute approximate surface area is 127 Å². The molecule has 0 aromatic carbocycles. The maximum Gasteiger partial charge on any atom is 0.232 e. The van der Waals surface area contributed by atoms with E-state index in [4.69, 9.17) is 4.42 Å². The van der Waals surface area contributed by atoms with E-state index >= 15 is 0 Å². The van der Waals surface area contributed by atoms with Gasteiger partial charge in [-0.3, -0.25) is 4.79 Å². The molecule has 0 fully saturated rings. The van der Waals surface area contributed by atoms with Crippen molar-refractivity contribution in [1.29, 1.82) is 0 Å². The molecule has 1 amide bonds. The van der Waals surface area contributed by atoms with Crippen LogP contribution < -0.4 is 5.32 Å². The van der Waals surface area contributed by atoms with Gasteiger partial charge in [0.1, 0.15) is 0 Å². The van der Waals surface area contributed by atoms with Crippen LogP contribution >= 0.6 is 23.1 Å². The monoisotopic (exact) mass is 310 g/mol. The zero-order chi connectivity index (χ0) is 14.4. The third-order valence-electron chi connectivity index (χ3n) is 2.68. The number of carbonyl (C=O) groups excluding carboxylic acids is 1. The number of nitrogens with one attached hydrogen (secondary N) is 1. The number of aromatic nitrogens is 1. The number of thioether (sulfide) groups is 1. The fourth-order valence-electron chi connectivity index (χ4n) is 1.56. The molecule has 2 aromatic heterocycles. The van der Waals surface area contributed by atoms with Crippen molar-refractivity contribution in [2.75, 3.05) is 6.54 Å². The summed E-state index contributed by atoms with van der Waals surface area (Å²) in [5.74, 6) is 1.62. The molecule has 0 unspecified atom stereocenters. The number of nitrogens with zero attached hydrogens (tertiary/aromatic N) is 1. The average Bonchev–Trinajstić information content (AvgIpc) is 3.12. The van der Waals surface area contributed by atoms with Crippen molar-refractivity contribution < 1.29 is 9.21 Å². The lowest BCUT2D eigenvalue weighted by Crippen LogP contribution is -2.31. The minimum Gasteiger partial charge on any atom is -0.462 e. The number of amides is 1. The Morgan fingerprint density at radius 1 is 1.60 bits per heavy atom. The fourth-order valence-corrected chi connectivity index (χ4v) is 3.26. The molecule has 20 heavy (non-hydrogen) atoms. The molecule has 2 heterocycles. The van der Waals surface area contributed by atoms with Gasteiger partial charge in [0.15, 0.2) is 10.8 Å². The molecular formula is C14H18N2O2S2. The zero-order valence-corrected chi connectivity index (χ0v) is 13.2. The number of hydrogen-bond acceptors (Lipinski definition) is 5. The summed E-state index contributed by atoms with van der Waals surface area (Å²) in [6, 6.07) is 3.75. The Kier molecular flexibility index (Phi) is 5.67. The van der Waals surface area contributed by atoms with Gasteiger partial charge in [-0.15, -0.1) is 23.1 Å². The maximum absolute atomic E-state index is 11.8. The molecule has 0 aliphatic heterocycles. The van der Waals surface area contributed by atoms with Gasteiger partial charge in [-0.2, -0.15) is 0 Å². The van der Waals surface area contributed by atoms with E-state index in [-0.39, 0.29) is 11.2 Å². The SMILES string of the molecule is CCCNC(=O)[C@H](C)SCc1csc(-c2ccco2)n1. The Balaban J connectivity index is 1.84. The van der Waals surface area contributed by atoms with E-state index in [2.05, 4.69) is 10.3 Å². The van der Waals surface area contributed by atoms with Crippen molar-refractivity contribution in [2.45, 2.75) is 31.3 Å². The number of carbonyl (C=O) groups is 1. The van der Waals surface area contributed by atoms with Crippen LogP contribution in [0.4, 0.5) is 0 Å². The minimum atomic E-state index is -0.0599. The van der Waals surface area contributed by atoms with Gasteiger partial charge in [-0.05, 0) is 25.5 Å². The van der Waals surface area contributed by atoms with Gasteiger partial charge in [-0.25, -0.2) is 4.98 Å². The molecule has 1 N–H and O–H groups in total. The molecule has 0 saturated heterocycles. The van der Waals surface area contributed by atoms with E-state index in [1.165, 1.54) is 0 Å². The van der Waals surface area contributed by atoms with Gasteiger partial charge >= 0.3 is 0 Å². The van der Waals surface area contributed by atoms with Gasteiger partial charge in [0.2, 0.25) is 5.91 Å². The van der Waals surface area contributed by atoms with Gasteiger partial charge < -0.3 is 9.73 Å². The second-order valence-electron chi connectivity index (χ2n) is 4.37. The quantitative estimate of drug-likeness (QED) is 0.849. The summed E-state index contributed by atoms with van der Waals surface area (Å²) in [6.07, 6.45) is 2.60. The summed E-state index contributed by atoms with van der Waals surface area (Å²) >= 11 is 3.16. The molecule has 1 atom stereocenters. The predicted octanol–water partition coefficient (Wildman–Crippen LogP) is 3.55. The van der Waals surface area contributed by atoms with E-state index in [1.807, 2.05) is 31.4 Å². The number of thiazole rings is 1. The van der Waals surface area contributed by atoms with Crippen LogP contribution in [0.15, 0.2) is 28.2 Å². The number of furan rings is 1. The topological polar surface area (TPSA) is 55.1 Å². The summed E-state index contributed by atoms with van der Waals surface area (Å²) < 4.78 is 5.32. The van der Waals surface area contributed by atoms with Gasteiger partial charge in [0.05, 0.1) is 17.2 Å². The Morgan fingerprint density at radius 3 is 3.15 bits per heavy atom. The summed E-state index contributed by atoms with van der Waals surface area (Å²) in [6.45, 7) is 4.71. The van der Waals surface area contributed by atoms with E-state index in [0.717, 1.165) is 35.2 Å². The average molecular weight is 310 g/mol. The van der Waals surface area contributed by atoms with E-state index < -0.39 is 0 Å². The molecule has 2 aromatic rings. The number of hydrogen-bond donors (Lipinski definition) is 1. The molecule has 0 aliphatic rings. The summed E-state index contributed by atoms with van der Waals surface area (Å²) in [5, 5.41) is 5.74. The smallest absolute Gasteiger partial charge is 0.232 e.